The second-order valence-corrected chi connectivity index (χ2v) is 8.36. The summed E-state index contributed by atoms with van der Waals surface area (Å²) in [5.41, 5.74) is 2.97. The number of rotatable bonds is 4. The fraction of sp³-hybridized carbons (Fsp3) is 0.286. The van der Waals surface area contributed by atoms with E-state index in [4.69, 9.17) is 4.98 Å². The largest absolute Gasteiger partial charge is 0.312 e. The highest BCUT2D eigenvalue weighted by Crippen LogP contribution is 2.25. The van der Waals surface area contributed by atoms with Gasteiger partial charge in [-0.1, -0.05) is 24.3 Å². The molecule has 0 radical (unpaired) electrons. The van der Waals surface area contributed by atoms with Gasteiger partial charge in [0.2, 0.25) is 0 Å². The van der Waals surface area contributed by atoms with Gasteiger partial charge < -0.3 is 4.57 Å². The number of fused-ring (bicyclic) bond motifs is 2. The molecule has 0 amide bonds. The first-order chi connectivity index (χ1) is 13.7. The van der Waals surface area contributed by atoms with Gasteiger partial charge in [-0.2, -0.15) is 0 Å². The Kier molecular flexibility index (Phi) is 4.41. The van der Waals surface area contributed by atoms with E-state index in [0.717, 1.165) is 48.4 Å². The van der Waals surface area contributed by atoms with Gasteiger partial charge in [-0.05, 0) is 36.2 Å². The Morgan fingerprint density at radius 3 is 2.89 bits per heavy atom. The average molecular weight is 393 g/mol. The molecule has 1 aliphatic rings. The zero-order valence-electron chi connectivity index (χ0n) is 15.6. The molecule has 0 saturated carbocycles. The van der Waals surface area contributed by atoms with Crippen LogP contribution in [-0.2, 0) is 26.1 Å². The van der Waals surface area contributed by atoms with Gasteiger partial charge in [0.15, 0.2) is 0 Å². The first kappa shape index (κ1) is 17.5. The molecule has 5 nitrogen and oxygen atoms in total. The number of halogens is 1. The van der Waals surface area contributed by atoms with Crippen LogP contribution in [0.2, 0.25) is 0 Å². The van der Waals surface area contributed by atoms with Gasteiger partial charge in [0.25, 0.3) is 0 Å². The molecular weight excluding hydrogens is 373 g/mol. The van der Waals surface area contributed by atoms with E-state index in [0.29, 0.717) is 12.0 Å². The molecule has 0 fully saturated rings. The quantitative estimate of drug-likeness (QED) is 0.527. The summed E-state index contributed by atoms with van der Waals surface area (Å²) in [5, 5.41) is 9.81. The third-order valence-corrected chi connectivity index (χ3v) is 6.18. The van der Waals surface area contributed by atoms with Gasteiger partial charge in [-0.3, -0.25) is 4.90 Å². The van der Waals surface area contributed by atoms with Crippen LogP contribution in [0.15, 0.2) is 42.5 Å². The van der Waals surface area contributed by atoms with E-state index in [1.807, 2.05) is 6.07 Å². The van der Waals surface area contributed by atoms with Gasteiger partial charge >= 0.3 is 0 Å². The molecule has 0 atom stereocenters. The molecule has 3 heterocycles. The molecule has 1 aliphatic heterocycles. The first-order valence-electron chi connectivity index (χ1n) is 9.38. The Morgan fingerprint density at radius 2 is 2.00 bits per heavy atom. The first-order valence-corrected chi connectivity index (χ1v) is 10.2. The van der Waals surface area contributed by atoms with Crippen LogP contribution in [0.25, 0.3) is 10.2 Å². The lowest BCUT2D eigenvalue weighted by molar-refractivity contribution is 0.207. The average Bonchev–Trinajstić information content (AvgIpc) is 3.26. The second-order valence-electron chi connectivity index (χ2n) is 7.24. The third kappa shape index (κ3) is 3.31. The predicted octanol–water partition coefficient (Wildman–Crippen LogP) is 3.94. The summed E-state index contributed by atoms with van der Waals surface area (Å²) in [5.74, 6) is 1.58. The molecule has 0 N–H and O–H groups in total. The number of thiazole rings is 1. The maximum atomic E-state index is 14.0. The molecule has 2 aromatic carbocycles. The summed E-state index contributed by atoms with van der Waals surface area (Å²) in [4.78, 5) is 7.14. The Labute approximate surface area is 166 Å². The number of hydrogen-bond acceptors (Lipinski definition) is 5. The summed E-state index contributed by atoms with van der Waals surface area (Å²) in [6, 6.07) is 13.3. The number of nitrogens with zero attached hydrogens (tertiary/aromatic N) is 5. The van der Waals surface area contributed by atoms with E-state index in [1.54, 1.807) is 23.5 Å². The van der Waals surface area contributed by atoms with Crippen LogP contribution >= 0.6 is 11.3 Å². The maximum Gasteiger partial charge on any atom is 0.147 e. The topological polar surface area (TPSA) is 46.8 Å². The highest BCUT2D eigenvalue weighted by Gasteiger charge is 2.22. The number of aryl methyl sites for hydroxylation is 1. The van der Waals surface area contributed by atoms with E-state index < -0.39 is 0 Å². The lowest BCUT2D eigenvalue weighted by atomic mass is 10.1. The predicted molar refractivity (Wildman–Crippen MR) is 108 cm³/mol. The normalized spacial score (nSPS) is 14.5. The highest BCUT2D eigenvalue weighted by atomic mass is 32.1. The fourth-order valence-electron chi connectivity index (χ4n) is 3.69. The zero-order valence-corrected chi connectivity index (χ0v) is 16.4. The van der Waals surface area contributed by atoms with Crippen molar-refractivity contribution in [3.63, 3.8) is 0 Å². The summed E-state index contributed by atoms with van der Waals surface area (Å²) >= 11 is 1.75. The summed E-state index contributed by atoms with van der Waals surface area (Å²) < 4.78 is 17.3. The van der Waals surface area contributed by atoms with E-state index in [9.17, 15) is 4.39 Å². The monoisotopic (exact) mass is 393 g/mol. The number of hydrogen-bond donors (Lipinski definition) is 0. The standard InChI is InChI=1S/C21H20FN5S/c1-14-6-7-18-17(10-14)23-21(28-18)13-26-8-9-27-19(24-25-20(27)12-26)11-15-4-2-3-5-16(15)22/h2-7,10H,8-9,11-13H2,1H3. The molecule has 0 spiro atoms. The van der Waals surface area contributed by atoms with Crippen LogP contribution in [0.4, 0.5) is 4.39 Å². The lowest BCUT2D eigenvalue weighted by Crippen LogP contribution is -2.34. The lowest BCUT2D eigenvalue weighted by Gasteiger charge is -2.26. The number of benzene rings is 2. The zero-order chi connectivity index (χ0) is 19.1. The van der Waals surface area contributed by atoms with Gasteiger partial charge in [0, 0.05) is 19.5 Å². The Morgan fingerprint density at radius 1 is 1.11 bits per heavy atom. The van der Waals surface area contributed by atoms with Crippen molar-refractivity contribution in [3.05, 3.63) is 76.1 Å². The van der Waals surface area contributed by atoms with Crippen molar-refractivity contribution in [3.8, 4) is 0 Å². The van der Waals surface area contributed by atoms with E-state index in [2.05, 4.69) is 44.8 Å². The molecule has 0 bridgehead atoms. The second kappa shape index (κ2) is 7.07. The minimum Gasteiger partial charge on any atom is -0.312 e. The van der Waals surface area contributed by atoms with Crippen LogP contribution in [-0.4, -0.2) is 31.2 Å². The van der Waals surface area contributed by atoms with Crippen LogP contribution in [0.5, 0.6) is 0 Å². The molecule has 5 rings (SSSR count). The molecule has 4 aromatic rings. The fourth-order valence-corrected chi connectivity index (χ4v) is 4.68. The van der Waals surface area contributed by atoms with Gasteiger partial charge in [0.05, 0.1) is 23.3 Å². The van der Waals surface area contributed by atoms with Crippen molar-refractivity contribution in [2.75, 3.05) is 6.54 Å². The maximum absolute atomic E-state index is 14.0. The minimum absolute atomic E-state index is 0.191. The van der Waals surface area contributed by atoms with Crippen molar-refractivity contribution in [1.82, 2.24) is 24.6 Å². The minimum atomic E-state index is -0.191. The molecule has 7 heteroatoms. The van der Waals surface area contributed by atoms with Crippen LogP contribution in [0, 0.1) is 12.7 Å². The summed E-state index contributed by atoms with van der Waals surface area (Å²) in [6.07, 6.45) is 0.469. The van der Waals surface area contributed by atoms with Crippen molar-refractivity contribution in [2.45, 2.75) is 33.0 Å². The van der Waals surface area contributed by atoms with E-state index in [-0.39, 0.29) is 5.82 Å². The molecular formula is C21H20FN5S. The smallest absolute Gasteiger partial charge is 0.147 e. The van der Waals surface area contributed by atoms with Crippen molar-refractivity contribution >= 4 is 21.6 Å². The van der Waals surface area contributed by atoms with Gasteiger partial charge in [0.1, 0.15) is 22.5 Å². The molecule has 2 aromatic heterocycles. The molecule has 0 aliphatic carbocycles. The van der Waals surface area contributed by atoms with Crippen LogP contribution in [0.1, 0.15) is 27.8 Å². The van der Waals surface area contributed by atoms with Crippen LogP contribution in [0.3, 0.4) is 0 Å². The highest BCUT2D eigenvalue weighted by molar-refractivity contribution is 7.18. The summed E-state index contributed by atoms with van der Waals surface area (Å²) in [7, 11) is 0. The number of aromatic nitrogens is 4. The molecule has 142 valence electrons. The molecule has 0 unspecified atom stereocenters. The van der Waals surface area contributed by atoms with Crippen molar-refractivity contribution < 1.29 is 4.39 Å². The van der Waals surface area contributed by atoms with E-state index in [1.165, 1.54) is 16.3 Å². The van der Waals surface area contributed by atoms with Gasteiger partial charge in [-0.15, -0.1) is 21.5 Å². The Balaban J connectivity index is 1.31. The van der Waals surface area contributed by atoms with E-state index >= 15 is 0 Å². The Bertz CT molecular complexity index is 1150. The van der Waals surface area contributed by atoms with Crippen molar-refractivity contribution in [1.29, 1.82) is 0 Å². The van der Waals surface area contributed by atoms with Crippen molar-refractivity contribution in [2.24, 2.45) is 0 Å². The Hall–Kier alpha value is -2.64. The SMILES string of the molecule is Cc1ccc2sc(CN3CCn4c(Cc5ccccc5F)nnc4C3)nc2c1. The molecule has 0 saturated heterocycles. The van der Waals surface area contributed by atoms with Gasteiger partial charge in [-0.25, -0.2) is 9.37 Å². The third-order valence-electron chi connectivity index (χ3n) is 5.16. The molecule has 28 heavy (non-hydrogen) atoms. The summed E-state index contributed by atoms with van der Waals surface area (Å²) in [6.45, 7) is 5.36. The van der Waals surface area contributed by atoms with Crippen LogP contribution < -0.4 is 0 Å².